The van der Waals surface area contributed by atoms with Crippen LogP contribution in [-0.2, 0) is 4.79 Å². The number of carbonyl (C=O) groups excluding carboxylic acids is 1. The first kappa shape index (κ1) is 14.2. The van der Waals surface area contributed by atoms with Crippen LogP contribution in [0.3, 0.4) is 0 Å². The highest BCUT2D eigenvalue weighted by atomic mass is 35.5. The number of ether oxygens (including phenoxy) is 1. The number of anilines is 1. The van der Waals surface area contributed by atoms with Crippen LogP contribution < -0.4 is 15.8 Å². The van der Waals surface area contributed by atoms with E-state index in [1.807, 2.05) is 12.1 Å². The molecule has 1 atom stereocenters. The summed E-state index contributed by atoms with van der Waals surface area (Å²) in [6.07, 6.45) is 0. The molecular weight excluding hydrogens is 311 g/mol. The van der Waals surface area contributed by atoms with Gasteiger partial charge in [0, 0.05) is 0 Å². The zero-order valence-corrected chi connectivity index (χ0v) is 12.4. The van der Waals surface area contributed by atoms with Gasteiger partial charge in [-0.15, -0.1) is 0 Å². The van der Waals surface area contributed by atoms with Crippen LogP contribution in [0, 0.1) is 0 Å². The van der Waals surface area contributed by atoms with Gasteiger partial charge in [0.15, 0.2) is 6.61 Å². The van der Waals surface area contributed by atoms with Crippen LogP contribution >= 0.6 is 23.2 Å². The minimum Gasteiger partial charge on any atom is -0.482 e. The molecule has 0 bridgehead atoms. The number of hydrogen-bond acceptors (Lipinski definition) is 3. The Bertz CT molecular complexity index is 719. The van der Waals surface area contributed by atoms with Gasteiger partial charge >= 0.3 is 0 Å². The van der Waals surface area contributed by atoms with Crippen LogP contribution in [0.2, 0.25) is 10.0 Å². The molecule has 2 aromatic rings. The highest BCUT2D eigenvalue weighted by Gasteiger charge is 2.19. The van der Waals surface area contributed by atoms with Gasteiger partial charge in [0.2, 0.25) is 0 Å². The summed E-state index contributed by atoms with van der Waals surface area (Å²) < 4.78 is 5.32. The number of hydrogen-bond donors (Lipinski definition) is 2. The lowest BCUT2D eigenvalue weighted by atomic mass is 9.98. The van der Waals surface area contributed by atoms with Gasteiger partial charge in [0.1, 0.15) is 5.75 Å². The lowest BCUT2D eigenvalue weighted by molar-refractivity contribution is -0.118. The third-order valence-corrected chi connectivity index (χ3v) is 4.15. The first-order valence-corrected chi connectivity index (χ1v) is 7.08. The van der Waals surface area contributed by atoms with Crippen LogP contribution in [0.4, 0.5) is 5.69 Å². The molecule has 0 spiro atoms. The number of nitrogens with two attached hydrogens (primary N) is 1. The number of fused-ring (bicyclic) bond motifs is 1. The maximum atomic E-state index is 11.4. The predicted octanol–water partition coefficient (Wildman–Crippen LogP) is 3.37. The molecule has 0 fully saturated rings. The number of amides is 1. The van der Waals surface area contributed by atoms with Gasteiger partial charge in [-0.2, -0.15) is 0 Å². The molecule has 0 aromatic heterocycles. The molecule has 1 amide bonds. The summed E-state index contributed by atoms with van der Waals surface area (Å²) in [5, 5.41) is 3.65. The van der Waals surface area contributed by atoms with Crippen molar-refractivity contribution in [2.45, 2.75) is 6.04 Å². The average Bonchev–Trinajstić information content (AvgIpc) is 2.48. The van der Waals surface area contributed by atoms with Gasteiger partial charge in [-0.1, -0.05) is 41.4 Å². The molecule has 6 heteroatoms. The molecule has 1 unspecified atom stereocenters. The van der Waals surface area contributed by atoms with Crippen LogP contribution in [0.1, 0.15) is 17.2 Å². The molecule has 0 saturated heterocycles. The minimum atomic E-state index is -0.444. The topological polar surface area (TPSA) is 64.3 Å². The van der Waals surface area contributed by atoms with Crippen molar-refractivity contribution >= 4 is 34.8 Å². The molecule has 1 aliphatic rings. The van der Waals surface area contributed by atoms with Gasteiger partial charge in [-0.25, -0.2) is 0 Å². The zero-order valence-electron chi connectivity index (χ0n) is 10.9. The standard InChI is InChI=1S/C15H12Cl2N2O2/c16-10-3-1-2-9(14(10)17)15(18)8-4-5-12-11(6-8)19-13(20)7-21-12/h1-6,15H,7,18H2,(H,19,20). The van der Waals surface area contributed by atoms with Gasteiger partial charge in [-0.3, -0.25) is 4.79 Å². The van der Waals surface area contributed by atoms with E-state index < -0.39 is 6.04 Å². The molecule has 108 valence electrons. The van der Waals surface area contributed by atoms with E-state index in [0.717, 1.165) is 11.1 Å². The van der Waals surface area contributed by atoms with Gasteiger partial charge in [-0.05, 0) is 29.3 Å². The highest BCUT2D eigenvalue weighted by molar-refractivity contribution is 6.42. The number of carbonyl (C=O) groups is 1. The predicted molar refractivity (Wildman–Crippen MR) is 83.1 cm³/mol. The Morgan fingerprint density at radius 1 is 1.24 bits per heavy atom. The summed E-state index contributed by atoms with van der Waals surface area (Å²) in [4.78, 5) is 11.4. The Balaban J connectivity index is 1.98. The van der Waals surface area contributed by atoms with E-state index in [9.17, 15) is 4.79 Å². The molecule has 1 heterocycles. The third kappa shape index (κ3) is 2.70. The Kier molecular flexibility index (Phi) is 3.76. The lowest BCUT2D eigenvalue weighted by Crippen LogP contribution is -2.25. The van der Waals surface area contributed by atoms with Crippen LogP contribution in [0.15, 0.2) is 36.4 Å². The van der Waals surface area contributed by atoms with E-state index in [1.54, 1.807) is 24.3 Å². The van der Waals surface area contributed by atoms with E-state index >= 15 is 0 Å². The Labute approximate surface area is 131 Å². The van der Waals surface area contributed by atoms with Crippen molar-refractivity contribution in [2.24, 2.45) is 5.73 Å². The molecule has 2 aromatic carbocycles. The molecule has 21 heavy (non-hydrogen) atoms. The van der Waals surface area contributed by atoms with Crippen LogP contribution in [0.25, 0.3) is 0 Å². The lowest BCUT2D eigenvalue weighted by Gasteiger charge is -2.21. The summed E-state index contributed by atoms with van der Waals surface area (Å²) in [7, 11) is 0. The third-order valence-electron chi connectivity index (χ3n) is 3.31. The first-order valence-electron chi connectivity index (χ1n) is 6.32. The Morgan fingerprint density at radius 3 is 2.86 bits per heavy atom. The van der Waals surface area contributed by atoms with Gasteiger partial charge < -0.3 is 15.8 Å². The number of halogens is 2. The normalized spacial score (nSPS) is 14.9. The van der Waals surface area contributed by atoms with E-state index in [0.29, 0.717) is 21.5 Å². The van der Waals surface area contributed by atoms with E-state index in [1.165, 1.54) is 0 Å². The second-order valence-corrected chi connectivity index (χ2v) is 5.50. The number of benzene rings is 2. The molecule has 1 aliphatic heterocycles. The maximum absolute atomic E-state index is 11.4. The fourth-order valence-electron chi connectivity index (χ4n) is 2.23. The van der Waals surface area contributed by atoms with Crippen molar-refractivity contribution in [3.8, 4) is 5.75 Å². The monoisotopic (exact) mass is 322 g/mol. The first-order chi connectivity index (χ1) is 10.1. The van der Waals surface area contributed by atoms with Crippen molar-refractivity contribution in [1.82, 2.24) is 0 Å². The summed E-state index contributed by atoms with van der Waals surface area (Å²) in [5.74, 6) is 0.441. The van der Waals surface area contributed by atoms with E-state index in [-0.39, 0.29) is 12.5 Å². The maximum Gasteiger partial charge on any atom is 0.262 e. The van der Waals surface area contributed by atoms with E-state index in [2.05, 4.69) is 5.32 Å². The number of rotatable bonds is 2. The Morgan fingerprint density at radius 2 is 2.05 bits per heavy atom. The molecule has 0 radical (unpaired) electrons. The SMILES string of the molecule is NC(c1ccc2c(c1)NC(=O)CO2)c1cccc(Cl)c1Cl. The summed E-state index contributed by atoms with van der Waals surface area (Å²) >= 11 is 12.2. The van der Waals surface area contributed by atoms with Gasteiger partial charge in [0.25, 0.3) is 5.91 Å². The van der Waals surface area contributed by atoms with Crippen molar-refractivity contribution in [2.75, 3.05) is 11.9 Å². The second-order valence-electron chi connectivity index (χ2n) is 4.71. The van der Waals surface area contributed by atoms with E-state index in [4.69, 9.17) is 33.7 Å². The fraction of sp³-hybridized carbons (Fsp3) is 0.133. The Hall–Kier alpha value is -1.75. The zero-order chi connectivity index (χ0) is 15.0. The average molecular weight is 323 g/mol. The molecule has 0 aliphatic carbocycles. The van der Waals surface area contributed by atoms with Crippen molar-refractivity contribution < 1.29 is 9.53 Å². The number of nitrogens with one attached hydrogen (secondary N) is 1. The smallest absolute Gasteiger partial charge is 0.262 e. The molecular formula is C15H12Cl2N2O2. The molecule has 4 nitrogen and oxygen atoms in total. The fourth-order valence-corrected chi connectivity index (χ4v) is 2.66. The van der Waals surface area contributed by atoms with Crippen LogP contribution in [-0.4, -0.2) is 12.5 Å². The van der Waals surface area contributed by atoms with Gasteiger partial charge in [0.05, 0.1) is 21.8 Å². The molecule has 0 saturated carbocycles. The largest absolute Gasteiger partial charge is 0.482 e. The minimum absolute atomic E-state index is 0.0263. The molecule has 3 N–H and O–H groups in total. The molecule has 3 rings (SSSR count). The van der Waals surface area contributed by atoms with Crippen molar-refractivity contribution in [1.29, 1.82) is 0 Å². The highest BCUT2D eigenvalue weighted by Crippen LogP contribution is 2.35. The second kappa shape index (κ2) is 5.56. The quantitative estimate of drug-likeness (QED) is 0.890. The summed E-state index contributed by atoms with van der Waals surface area (Å²) in [6, 6.07) is 10.3. The van der Waals surface area contributed by atoms with Crippen molar-refractivity contribution in [3.63, 3.8) is 0 Å². The summed E-state index contributed by atoms with van der Waals surface area (Å²) in [6.45, 7) is 0.0263. The van der Waals surface area contributed by atoms with Crippen LogP contribution in [0.5, 0.6) is 5.75 Å². The summed E-state index contributed by atoms with van der Waals surface area (Å²) in [5.41, 5.74) is 8.40. The van der Waals surface area contributed by atoms with Crippen molar-refractivity contribution in [3.05, 3.63) is 57.6 Å².